The van der Waals surface area contributed by atoms with Gasteiger partial charge in [0.2, 0.25) is 5.91 Å². The van der Waals surface area contributed by atoms with Crippen LogP contribution in [0.5, 0.6) is 0 Å². The van der Waals surface area contributed by atoms with Gasteiger partial charge in [-0.1, -0.05) is 11.6 Å². The fourth-order valence-electron chi connectivity index (χ4n) is 4.41. The van der Waals surface area contributed by atoms with Crippen molar-refractivity contribution in [2.24, 2.45) is 5.92 Å². The summed E-state index contributed by atoms with van der Waals surface area (Å²) < 4.78 is 1.62. The van der Waals surface area contributed by atoms with Crippen LogP contribution in [0.2, 0.25) is 5.02 Å². The van der Waals surface area contributed by atoms with E-state index in [1.807, 2.05) is 35.2 Å². The van der Waals surface area contributed by atoms with Crippen LogP contribution in [-0.2, 0) is 4.79 Å². The summed E-state index contributed by atoms with van der Waals surface area (Å²) in [6.45, 7) is 4.81. The lowest BCUT2D eigenvalue weighted by Crippen LogP contribution is -2.51. The molecule has 0 atom stereocenters. The van der Waals surface area contributed by atoms with Gasteiger partial charge in [-0.25, -0.2) is 19.6 Å². The van der Waals surface area contributed by atoms with Crippen molar-refractivity contribution >= 4 is 29.0 Å². The van der Waals surface area contributed by atoms with Gasteiger partial charge >= 0.3 is 0 Å². The molecular weight excluding hydrogens is 428 g/mol. The summed E-state index contributed by atoms with van der Waals surface area (Å²) in [5.41, 5.74) is 1.16. The van der Waals surface area contributed by atoms with Gasteiger partial charge in [0.1, 0.15) is 24.8 Å². The largest absolute Gasteiger partial charge is 0.368 e. The predicted octanol–water partition coefficient (Wildman–Crippen LogP) is 2.28. The predicted molar refractivity (Wildman–Crippen MR) is 122 cm³/mol. The third-order valence-corrected chi connectivity index (χ3v) is 6.49. The Bertz CT molecular complexity index is 1040. The van der Waals surface area contributed by atoms with Gasteiger partial charge in [0.25, 0.3) is 0 Å². The number of piperazine rings is 1. The summed E-state index contributed by atoms with van der Waals surface area (Å²) in [5, 5.41) is 4.87. The van der Waals surface area contributed by atoms with E-state index in [4.69, 9.17) is 11.6 Å². The van der Waals surface area contributed by atoms with Gasteiger partial charge in [0.15, 0.2) is 5.82 Å². The van der Waals surface area contributed by atoms with E-state index in [9.17, 15) is 4.79 Å². The van der Waals surface area contributed by atoms with E-state index in [-0.39, 0.29) is 11.8 Å². The van der Waals surface area contributed by atoms with E-state index in [1.54, 1.807) is 17.3 Å². The highest BCUT2D eigenvalue weighted by Gasteiger charge is 2.31. The van der Waals surface area contributed by atoms with E-state index in [1.165, 1.54) is 6.33 Å². The van der Waals surface area contributed by atoms with E-state index >= 15 is 0 Å². The molecule has 32 heavy (non-hydrogen) atoms. The molecule has 2 saturated heterocycles. The van der Waals surface area contributed by atoms with E-state index < -0.39 is 0 Å². The lowest BCUT2D eigenvalue weighted by molar-refractivity contribution is -0.136. The maximum absolute atomic E-state index is 13.1. The molecule has 0 spiro atoms. The molecule has 0 aliphatic carbocycles. The number of carbonyl (C=O) groups excluding carboxylic acids is 1. The Morgan fingerprint density at radius 2 is 1.59 bits per heavy atom. The van der Waals surface area contributed by atoms with Gasteiger partial charge in [0.05, 0.1) is 0 Å². The SMILES string of the molecule is O=C(C1CCN(c2cc(-n3cncn3)ncn2)CC1)N1CCN(c2ccc(Cl)cc2)CC1. The molecule has 5 rings (SSSR count). The quantitative estimate of drug-likeness (QED) is 0.600. The highest BCUT2D eigenvalue weighted by molar-refractivity contribution is 6.30. The number of carbonyl (C=O) groups is 1. The first kappa shape index (κ1) is 20.7. The zero-order valence-corrected chi connectivity index (χ0v) is 18.5. The lowest BCUT2D eigenvalue weighted by Gasteiger charge is -2.39. The minimum atomic E-state index is 0.0740. The second-order valence-corrected chi connectivity index (χ2v) is 8.56. The number of hydrogen-bond donors (Lipinski definition) is 0. The first-order valence-corrected chi connectivity index (χ1v) is 11.3. The molecule has 9 nitrogen and oxygen atoms in total. The summed E-state index contributed by atoms with van der Waals surface area (Å²) in [4.78, 5) is 32.3. The molecule has 1 aromatic carbocycles. The Balaban J connectivity index is 1.14. The van der Waals surface area contributed by atoms with Crippen LogP contribution in [0.25, 0.3) is 5.82 Å². The summed E-state index contributed by atoms with van der Waals surface area (Å²) in [7, 11) is 0. The van der Waals surface area contributed by atoms with Crippen LogP contribution in [0.3, 0.4) is 0 Å². The van der Waals surface area contributed by atoms with Gasteiger partial charge in [-0.15, -0.1) is 0 Å². The van der Waals surface area contributed by atoms with Gasteiger partial charge < -0.3 is 14.7 Å². The maximum Gasteiger partial charge on any atom is 0.225 e. The molecule has 1 amide bonds. The van der Waals surface area contributed by atoms with Crippen LogP contribution in [-0.4, -0.2) is 74.8 Å². The Labute approximate surface area is 191 Å². The molecule has 0 N–H and O–H groups in total. The maximum atomic E-state index is 13.1. The molecule has 10 heteroatoms. The van der Waals surface area contributed by atoms with Crippen molar-refractivity contribution in [3.05, 3.63) is 54.3 Å². The highest BCUT2D eigenvalue weighted by Crippen LogP contribution is 2.25. The number of piperidine rings is 1. The second kappa shape index (κ2) is 9.12. The molecule has 2 fully saturated rings. The number of anilines is 2. The molecule has 2 aliphatic rings. The Morgan fingerprint density at radius 3 is 2.28 bits per heavy atom. The minimum Gasteiger partial charge on any atom is -0.368 e. The van der Waals surface area contributed by atoms with Gasteiger partial charge in [-0.3, -0.25) is 4.79 Å². The normalized spacial score (nSPS) is 17.6. The Hall–Kier alpha value is -3.20. The molecule has 0 saturated carbocycles. The number of rotatable bonds is 4. The van der Waals surface area contributed by atoms with Crippen LogP contribution < -0.4 is 9.80 Å². The van der Waals surface area contributed by atoms with Crippen molar-refractivity contribution in [1.29, 1.82) is 0 Å². The monoisotopic (exact) mass is 452 g/mol. The number of amides is 1. The number of halogens is 1. The molecule has 166 valence electrons. The van der Waals surface area contributed by atoms with Crippen LogP contribution in [0, 0.1) is 5.92 Å². The summed E-state index contributed by atoms with van der Waals surface area (Å²) in [6, 6.07) is 9.81. The molecule has 2 aliphatic heterocycles. The molecule has 0 unspecified atom stereocenters. The standard InChI is InChI=1S/C22H25ClN8O/c23-18-1-3-19(4-2-18)28-9-11-30(12-10-28)22(32)17-5-7-29(8-6-17)20-13-21(26-15-25-20)31-16-24-14-27-31/h1-4,13-17H,5-12H2. The topological polar surface area (TPSA) is 83.3 Å². The fourth-order valence-corrected chi connectivity index (χ4v) is 4.54. The minimum absolute atomic E-state index is 0.0740. The third kappa shape index (κ3) is 4.38. The lowest BCUT2D eigenvalue weighted by atomic mass is 9.95. The van der Waals surface area contributed by atoms with Crippen molar-refractivity contribution < 1.29 is 4.79 Å². The number of aromatic nitrogens is 5. The zero-order chi connectivity index (χ0) is 21.9. The van der Waals surface area contributed by atoms with Crippen LogP contribution >= 0.6 is 11.6 Å². The first-order valence-electron chi connectivity index (χ1n) is 10.9. The molecular formula is C22H25ClN8O. The van der Waals surface area contributed by atoms with Crippen LogP contribution in [0.1, 0.15) is 12.8 Å². The van der Waals surface area contributed by atoms with E-state index in [2.05, 4.69) is 29.9 Å². The zero-order valence-electron chi connectivity index (χ0n) is 17.7. The third-order valence-electron chi connectivity index (χ3n) is 6.24. The van der Waals surface area contributed by atoms with Crippen molar-refractivity contribution in [3.8, 4) is 5.82 Å². The molecule has 2 aromatic heterocycles. The van der Waals surface area contributed by atoms with Crippen molar-refractivity contribution in [2.75, 3.05) is 49.1 Å². The van der Waals surface area contributed by atoms with Gasteiger partial charge in [0, 0.05) is 62.0 Å². The van der Waals surface area contributed by atoms with E-state index in [0.29, 0.717) is 5.82 Å². The summed E-state index contributed by atoms with van der Waals surface area (Å²) in [6.07, 6.45) is 6.30. The average molecular weight is 453 g/mol. The first-order chi connectivity index (χ1) is 15.7. The Kier molecular flexibility index (Phi) is 5.89. The van der Waals surface area contributed by atoms with Crippen molar-refractivity contribution in [1.82, 2.24) is 29.6 Å². The van der Waals surface area contributed by atoms with E-state index in [0.717, 1.165) is 68.6 Å². The van der Waals surface area contributed by atoms with Gasteiger partial charge in [-0.05, 0) is 37.1 Å². The van der Waals surface area contributed by atoms with Crippen molar-refractivity contribution in [2.45, 2.75) is 12.8 Å². The highest BCUT2D eigenvalue weighted by atomic mass is 35.5. The second-order valence-electron chi connectivity index (χ2n) is 8.12. The molecule has 4 heterocycles. The molecule has 0 bridgehead atoms. The Morgan fingerprint density at radius 1 is 0.875 bits per heavy atom. The summed E-state index contributed by atoms with van der Waals surface area (Å²) >= 11 is 5.99. The van der Waals surface area contributed by atoms with Crippen LogP contribution in [0.15, 0.2) is 49.3 Å². The fraction of sp³-hybridized carbons (Fsp3) is 0.409. The summed E-state index contributed by atoms with van der Waals surface area (Å²) in [5.74, 6) is 1.90. The molecule has 0 radical (unpaired) electrons. The van der Waals surface area contributed by atoms with Crippen LogP contribution in [0.4, 0.5) is 11.5 Å². The van der Waals surface area contributed by atoms with Gasteiger partial charge in [-0.2, -0.15) is 5.10 Å². The number of hydrogen-bond acceptors (Lipinski definition) is 7. The smallest absolute Gasteiger partial charge is 0.225 e. The average Bonchev–Trinajstić information content (AvgIpc) is 3.40. The van der Waals surface area contributed by atoms with Crippen molar-refractivity contribution in [3.63, 3.8) is 0 Å². The number of nitrogens with zero attached hydrogens (tertiary/aromatic N) is 8. The number of benzene rings is 1. The molecule has 3 aromatic rings.